The zero-order chi connectivity index (χ0) is 15.6. The fraction of sp³-hybridized carbons (Fsp3) is 0.167. The number of anilines is 1. The van der Waals surface area contributed by atoms with Crippen LogP contribution in [0.4, 0.5) is 16.0 Å². The second-order valence-corrected chi connectivity index (χ2v) is 4.18. The molecule has 0 atom stereocenters. The van der Waals surface area contributed by atoms with Crippen molar-refractivity contribution in [1.29, 1.82) is 0 Å². The zero-order valence-corrected chi connectivity index (χ0v) is 11.3. The van der Waals surface area contributed by atoms with Gasteiger partial charge in [0.1, 0.15) is 5.69 Å². The molecule has 0 spiro atoms. The molecule has 0 unspecified atom stereocenters. The molecule has 0 amide bonds. The summed E-state index contributed by atoms with van der Waals surface area (Å²) < 4.78 is 19.2. The maximum absolute atomic E-state index is 13.9. The first-order valence-corrected chi connectivity index (χ1v) is 5.86. The average Bonchev–Trinajstić information content (AvgIpc) is 2.42. The second kappa shape index (κ2) is 5.67. The van der Waals surface area contributed by atoms with E-state index in [2.05, 4.69) is 15.4 Å². The molecule has 1 aromatic heterocycles. The first-order valence-electron chi connectivity index (χ1n) is 5.86. The SMILES string of the molecule is Cc1cccc(Oc2nc(NN)nc(C)c2[N+](=O)[O-])c1F. The van der Waals surface area contributed by atoms with Crippen LogP contribution in [0.5, 0.6) is 11.6 Å². The van der Waals surface area contributed by atoms with Crippen LogP contribution in [0.2, 0.25) is 0 Å². The number of hydrazine groups is 1. The lowest BCUT2D eigenvalue weighted by Crippen LogP contribution is -2.13. The van der Waals surface area contributed by atoms with Crippen molar-refractivity contribution in [2.75, 3.05) is 5.43 Å². The predicted octanol–water partition coefficient (Wildman–Crippen LogP) is 2.22. The lowest BCUT2D eigenvalue weighted by Gasteiger charge is -2.09. The Labute approximate surface area is 118 Å². The molecule has 0 aliphatic rings. The highest BCUT2D eigenvalue weighted by molar-refractivity contribution is 5.50. The van der Waals surface area contributed by atoms with Crippen LogP contribution in [0, 0.1) is 29.8 Å². The molecule has 1 heterocycles. The third-order valence-electron chi connectivity index (χ3n) is 2.70. The van der Waals surface area contributed by atoms with Gasteiger partial charge in [-0.15, -0.1) is 0 Å². The molecule has 0 aliphatic carbocycles. The molecule has 0 bridgehead atoms. The molecule has 9 heteroatoms. The van der Waals surface area contributed by atoms with E-state index in [1.807, 2.05) is 0 Å². The van der Waals surface area contributed by atoms with Crippen LogP contribution >= 0.6 is 0 Å². The number of hydrogen-bond acceptors (Lipinski definition) is 7. The standard InChI is InChI=1S/C12H12FN5O3/c1-6-4-3-5-8(9(6)13)21-11-10(18(19)20)7(2)15-12(16-11)17-14/h3-5H,14H2,1-2H3,(H,15,16,17). The topological polar surface area (TPSA) is 116 Å². The Morgan fingerprint density at radius 2 is 2.10 bits per heavy atom. The number of nitro groups is 1. The summed E-state index contributed by atoms with van der Waals surface area (Å²) in [4.78, 5) is 17.9. The first-order chi connectivity index (χ1) is 9.93. The van der Waals surface area contributed by atoms with E-state index in [0.29, 0.717) is 5.56 Å². The van der Waals surface area contributed by atoms with Gasteiger partial charge in [0, 0.05) is 0 Å². The summed E-state index contributed by atoms with van der Waals surface area (Å²) in [6.45, 7) is 2.95. The number of nitrogen functional groups attached to an aromatic ring is 1. The van der Waals surface area contributed by atoms with E-state index in [1.54, 1.807) is 19.1 Å². The Morgan fingerprint density at radius 3 is 2.71 bits per heavy atom. The van der Waals surface area contributed by atoms with E-state index in [1.165, 1.54) is 13.0 Å². The fourth-order valence-electron chi connectivity index (χ4n) is 1.69. The van der Waals surface area contributed by atoms with Gasteiger partial charge in [-0.1, -0.05) is 12.1 Å². The lowest BCUT2D eigenvalue weighted by atomic mass is 10.2. The average molecular weight is 293 g/mol. The van der Waals surface area contributed by atoms with Crippen molar-refractivity contribution in [3.05, 3.63) is 45.4 Å². The highest BCUT2D eigenvalue weighted by Gasteiger charge is 2.25. The van der Waals surface area contributed by atoms with Gasteiger partial charge in [0.15, 0.2) is 11.6 Å². The number of aromatic nitrogens is 2. The van der Waals surface area contributed by atoms with Crippen LogP contribution in [-0.2, 0) is 0 Å². The molecule has 0 saturated carbocycles. The predicted molar refractivity (Wildman–Crippen MR) is 72.4 cm³/mol. The normalized spacial score (nSPS) is 10.3. The van der Waals surface area contributed by atoms with Crippen LogP contribution < -0.4 is 16.0 Å². The minimum atomic E-state index is -0.696. The smallest absolute Gasteiger partial charge is 0.352 e. The number of hydrogen-bond donors (Lipinski definition) is 2. The Kier molecular flexibility index (Phi) is 3.94. The van der Waals surface area contributed by atoms with Gasteiger partial charge in [-0.2, -0.15) is 4.98 Å². The maximum Gasteiger partial charge on any atom is 0.352 e. The fourth-order valence-corrected chi connectivity index (χ4v) is 1.69. The number of halogens is 1. The second-order valence-electron chi connectivity index (χ2n) is 4.18. The molecule has 0 aliphatic heterocycles. The number of aryl methyl sites for hydroxylation is 2. The summed E-state index contributed by atoms with van der Waals surface area (Å²) in [5, 5.41) is 11.1. The van der Waals surface area contributed by atoms with E-state index in [9.17, 15) is 14.5 Å². The Morgan fingerprint density at radius 1 is 1.38 bits per heavy atom. The number of nitrogens with zero attached hydrogens (tertiary/aromatic N) is 3. The van der Waals surface area contributed by atoms with Crippen molar-refractivity contribution in [1.82, 2.24) is 9.97 Å². The monoisotopic (exact) mass is 293 g/mol. The Balaban J connectivity index is 2.54. The van der Waals surface area contributed by atoms with Gasteiger partial charge in [-0.3, -0.25) is 15.5 Å². The third kappa shape index (κ3) is 2.87. The van der Waals surface area contributed by atoms with Crippen LogP contribution in [0.1, 0.15) is 11.3 Å². The molecular weight excluding hydrogens is 281 g/mol. The van der Waals surface area contributed by atoms with Crippen molar-refractivity contribution < 1.29 is 14.1 Å². The quantitative estimate of drug-likeness (QED) is 0.504. The molecule has 0 radical (unpaired) electrons. The van der Waals surface area contributed by atoms with Crippen LogP contribution in [0.3, 0.4) is 0 Å². The van der Waals surface area contributed by atoms with E-state index in [-0.39, 0.29) is 23.3 Å². The molecule has 0 fully saturated rings. The molecule has 110 valence electrons. The van der Waals surface area contributed by atoms with Gasteiger partial charge in [-0.05, 0) is 25.5 Å². The summed E-state index contributed by atoms with van der Waals surface area (Å²) in [6.07, 6.45) is 0. The van der Waals surface area contributed by atoms with E-state index in [0.717, 1.165) is 0 Å². The minimum Gasteiger partial charge on any atom is -0.430 e. The summed E-state index contributed by atoms with van der Waals surface area (Å²) in [5.41, 5.74) is 2.11. The van der Waals surface area contributed by atoms with Crippen LogP contribution in [-0.4, -0.2) is 14.9 Å². The zero-order valence-electron chi connectivity index (χ0n) is 11.3. The third-order valence-corrected chi connectivity index (χ3v) is 2.70. The molecule has 8 nitrogen and oxygen atoms in total. The molecular formula is C12H12FN5O3. The lowest BCUT2D eigenvalue weighted by molar-refractivity contribution is -0.386. The number of rotatable bonds is 4. The summed E-state index contributed by atoms with van der Waals surface area (Å²) in [7, 11) is 0. The number of nitrogens with two attached hydrogens (primary N) is 1. The molecule has 21 heavy (non-hydrogen) atoms. The van der Waals surface area contributed by atoms with Gasteiger partial charge in [0.2, 0.25) is 5.95 Å². The number of benzene rings is 1. The van der Waals surface area contributed by atoms with E-state index < -0.39 is 16.4 Å². The number of ether oxygens (including phenoxy) is 1. The van der Waals surface area contributed by atoms with Gasteiger partial charge in [0.05, 0.1) is 4.92 Å². The molecule has 3 N–H and O–H groups in total. The highest BCUT2D eigenvalue weighted by atomic mass is 19.1. The molecule has 2 rings (SSSR count). The van der Waals surface area contributed by atoms with E-state index >= 15 is 0 Å². The molecule has 2 aromatic rings. The van der Waals surface area contributed by atoms with Gasteiger partial charge in [-0.25, -0.2) is 15.2 Å². The van der Waals surface area contributed by atoms with Gasteiger partial charge in [0.25, 0.3) is 0 Å². The molecule has 0 saturated heterocycles. The van der Waals surface area contributed by atoms with Crippen LogP contribution in [0.15, 0.2) is 18.2 Å². The van der Waals surface area contributed by atoms with Crippen LogP contribution in [0.25, 0.3) is 0 Å². The van der Waals surface area contributed by atoms with Crippen molar-refractivity contribution in [3.63, 3.8) is 0 Å². The van der Waals surface area contributed by atoms with E-state index in [4.69, 9.17) is 10.6 Å². The van der Waals surface area contributed by atoms with Gasteiger partial charge >= 0.3 is 11.6 Å². The summed E-state index contributed by atoms with van der Waals surface area (Å²) in [5.74, 6) is 3.95. The Hall–Kier alpha value is -2.81. The summed E-state index contributed by atoms with van der Waals surface area (Å²) >= 11 is 0. The summed E-state index contributed by atoms with van der Waals surface area (Å²) in [6, 6.07) is 4.46. The van der Waals surface area contributed by atoms with Crippen molar-refractivity contribution in [3.8, 4) is 11.6 Å². The number of nitrogens with one attached hydrogen (secondary N) is 1. The van der Waals surface area contributed by atoms with Crippen molar-refractivity contribution >= 4 is 11.6 Å². The van der Waals surface area contributed by atoms with Crippen molar-refractivity contribution in [2.45, 2.75) is 13.8 Å². The van der Waals surface area contributed by atoms with Gasteiger partial charge < -0.3 is 4.74 Å². The van der Waals surface area contributed by atoms with Crippen molar-refractivity contribution in [2.24, 2.45) is 5.84 Å². The maximum atomic E-state index is 13.9. The molecule has 1 aromatic carbocycles. The first kappa shape index (κ1) is 14.6. The Bertz CT molecular complexity index is 708. The highest BCUT2D eigenvalue weighted by Crippen LogP contribution is 2.33. The largest absolute Gasteiger partial charge is 0.430 e. The minimum absolute atomic E-state index is 0.0472.